The van der Waals surface area contributed by atoms with Gasteiger partial charge in [0.05, 0.1) is 6.61 Å². The molecule has 2 atom stereocenters. The van der Waals surface area contributed by atoms with Crippen molar-refractivity contribution in [3.63, 3.8) is 0 Å². The Balaban J connectivity index is 4.38. The highest BCUT2D eigenvalue weighted by Crippen LogP contribution is 2.15. The molecule has 158 valence electrons. The fourth-order valence-electron chi connectivity index (χ4n) is 1.84. The molecular formula is C17H36O7Si3. The minimum atomic E-state index is -1.73. The van der Waals surface area contributed by atoms with Crippen molar-refractivity contribution in [2.24, 2.45) is 0 Å². The Morgan fingerprint density at radius 3 is 2.04 bits per heavy atom. The third-order valence-electron chi connectivity index (χ3n) is 3.13. The normalized spacial score (nSPS) is 15.7. The molecule has 3 N–H and O–H groups in total. The maximum atomic E-state index is 11.8. The first kappa shape index (κ1) is 26.7. The quantitative estimate of drug-likeness (QED) is 0.133. The van der Waals surface area contributed by atoms with E-state index in [0.29, 0.717) is 21.5 Å². The topological polar surface area (TPSA) is 105 Å². The number of allylic oxidation sites excluding steroid dienone is 1. The number of ether oxygens (including phenoxy) is 1. The molecule has 2 unspecified atom stereocenters. The van der Waals surface area contributed by atoms with E-state index in [1.54, 1.807) is 13.0 Å². The van der Waals surface area contributed by atoms with E-state index in [-0.39, 0.29) is 5.91 Å². The standard InChI is InChI=1S/C17H36O7Si3/c1-13(15(20)22-16(21)14(19)12-18)10-8-9-11-25-17(23-26(2,3)4)24-27(5,6)7/h10,14,16-19,21H,8-9,11-12H2,1-7H3/b13-10+. The summed E-state index contributed by atoms with van der Waals surface area (Å²) in [5.41, 5.74) is 0.357. The van der Waals surface area contributed by atoms with Crippen LogP contribution in [0.25, 0.3) is 0 Å². The van der Waals surface area contributed by atoms with Crippen molar-refractivity contribution < 1.29 is 33.7 Å². The molecule has 0 amide bonds. The molecule has 0 aromatic carbocycles. The summed E-state index contributed by atoms with van der Waals surface area (Å²) in [6, 6.07) is 0.935. The number of carbonyl (C=O) groups is 1. The van der Waals surface area contributed by atoms with Crippen LogP contribution < -0.4 is 0 Å². The number of aliphatic hydroxyl groups is 3. The Labute approximate surface area is 167 Å². The van der Waals surface area contributed by atoms with E-state index in [1.807, 2.05) is 0 Å². The van der Waals surface area contributed by atoms with Crippen molar-refractivity contribution in [3.05, 3.63) is 11.6 Å². The van der Waals surface area contributed by atoms with Crippen LogP contribution in [0.3, 0.4) is 0 Å². The molecule has 7 nitrogen and oxygen atoms in total. The monoisotopic (exact) mass is 436 g/mol. The highest BCUT2D eigenvalue weighted by atomic mass is 28.4. The first-order chi connectivity index (χ1) is 12.2. The molecule has 27 heavy (non-hydrogen) atoms. The Hall–Kier alpha value is -0.339. The molecule has 0 heterocycles. The minimum Gasteiger partial charge on any atom is -0.430 e. The molecule has 0 saturated heterocycles. The molecular weight excluding hydrogens is 400 g/mol. The fourth-order valence-corrected chi connectivity index (χ4v) is 6.75. The fraction of sp³-hybridized carbons (Fsp3) is 0.824. The zero-order valence-corrected chi connectivity index (χ0v) is 20.6. The van der Waals surface area contributed by atoms with E-state index >= 15 is 0 Å². The molecule has 0 aliphatic rings. The van der Waals surface area contributed by atoms with Crippen LogP contribution in [0, 0.1) is 0 Å². The number of aliphatic hydroxyl groups excluding tert-OH is 3. The van der Waals surface area contributed by atoms with Gasteiger partial charge < -0.3 is 28.9 Å². The number of carbonyl (C=O) groups excluding carboxylic acids is 1. The molecule has 0 aliphatic carbocycles. The molecule has 0 aromatic heterocycles. The summed E-state index contributed by atoms with van der Waals surface area (Å²) in [4.78, 5) is 11.8. The lowest BCUT2D eigenvalue weighted by atomic mass is 10.2. The summed E-state index contributed by atoms with van der Waals surface area (Å²) in [7, 11) is -2.82. The van der Waals surface area contributed by atoms with Crippen LogP contribution in [-0.2, 0) is 18.4 Å². The Kier molecular flexibility index (Phi) is 12.1. The van der Waals surface area contributed by atoms with Crippen LogP contribution in [-0.4, -0.2) is 72.4 Å². The summed E-state index contributed by atoms with van der Waals surface area (Å²) < 4.78 is 17.0. The van der Waals surface area contributed by atoms with Gasteiger partial charge in [-0.2, -0.15) is 0 Å². The van der Waals surface area contributed by atoms with E-state index in [2.05, 4.69) is 44.0 Å². The summed E-state index contributed by atoms with van der Waals surface area (Å²) in [5.74, 6) is -0.854. The van der Waals surface area contributed by atoms with Gasteiger partial charge in [-0.3, -0.25) is 0 Å². The summed E-state index contributed by atoms with van der Waals surface area (Å²) in [6.07, 6.45) is 0.0895. The van der Waals surface area contributed by atoms with Crippen LogP contribution in [0.4, 0.5) is 0 Å². The van der Waals surface area contributed by atoms with Gasteiger partial charge in [-0.1, -0.05) is 18.5 Å². The summed E-state index contributed by atoms with van der Waals surface area (Å²) >= 11 is 0. The molecule has 0 aliphatic heterocycles. The van der Waals surface area contributed by atoms with Gasteiger partial charge in [0, 0.05) is 5.57 Å². The molecule has 0 rings (SSSR count). The molecule has 0 fully saturated rings. The third-order valence-corrected chi connectivity index (χ3v) is 6.65. The van der Waals surface area contributed by atoms with Gasteiger partial charge in [0.25, 0.3) is 0 Å². The second-order valence-electron chi connectivity index (χ2n) is 8.32. The minimum absolute atomic E-state index is 0.145. The molecule has 2 radical (unpaired) electrons. The lowest BCUT2D eigenvalue weighted by molar-refractivity contribution is -0.186. The number of rotatable bonds is 13. The van der Waals surface area contributed by atoms with Gasteiger partial charge in [-0.25, -0.2) is 4.79 Å². The highest BCUT2D eigenvalue weighted by molar-refractivity contribution is 6.71. The van der Waals surface area contributed by atoms with Crippen LogP contribution in [0.2, 0.25) is 45.3 Å². The number of hydrogen-bond acceptors (Lipinski definition) is 7. The largest absolute Gasteiger partial charge is 0.430 e. The summed E-state index contributed by atoms with van der Waals surface area (Å²) in [6.45, 7) is 13.8. The van der Waals surface area contributed by atoms with Crippen LogP contribution in [0.1, 0.15) is 19.8 Å². The third kappa shape index (κ3) is 14.3. The second kappa shape index (κ2) is 12.3. The lowest BCUT2D eigenvalue weighted by Crippen LogP contribution is -2.42. The van der Waals surface area contributed by atoms with Crippen LogP contribution >= 0.6 is 0 Å². The van der Waals surface area contributed by atoms with Crippen molar-refractivity contribution in [2.75, 3.05) is 6.61 Å². The molecule has 0 aromatic rings. The zero-order valence-electron chi connectivity index (χ0n) is 17.6. The number of esters is 1. The van der Waals surface area contributed by atoms with Crippen LogP contribution in [0.15, 0.2) is 11.6 Å². The zero-order chi connectivity index (χ0) is 21.3. The highest BCUT2D eigenvalue weighted by Gasteiger charge is 2.26. The number of unbranched alkanes of at least 4 members (excludes halogenated alkanes) is 1. The average Bonchev–Trinajstić information content (AvgIpc) is 2.49. The van der Waals surface area contributed by atoms with Gasteiger partial charge >= 0.3 is 5.97 Å². The summed E-state index contributed by atoms with van der Waals surface area (Å²) in [5, 5.41) is 27.3. The molecule has 10 heteroatoms. The maximum absolute atomic E-state index is 11.8. The van der Waals surface area contributed by atoms with E-state index < -0.39 is 41.6 Å². The smallest absolute Gasteiger partial charge is 0.335 e. The molecule has 0 bridgehead atoms. The van der Waals surface area contributed by atoms with Crippen LogP contribution in [0.5, 0.6) is 0 Å². The Morgan fingerprint density at radius 2 is 1.59 bits per heavy atom. The Bertz CT molecular complexity index is 456. The van der Waals surface area contributed by atoms with Gasteiger partial charge in [0.2, 0.25) is 6.29 Å². The average molecular weight is 437 g/mol. The molecule has 0 spiro atoms. The second-order valence-corrected chi connectivity index (χ2v) is 18.6. The van der Waals surface area contributed by atoms with Crippen molar-refractivity contribution in [3.8, 4) is 0 Å². The van der Waals surface area contributed by atoms with Crippen molar-refractivity contribution in [1.82, 2.24) is 0 Å². The first-order valence-corrected chi connectivity index (χ1v) is 17.3. The van der Waals surface area contributed by atoms with E-state index in [4.69, 9.17) is 14.0 Å². The predicted octanol–water partition coefficient (Wildman–Crippen LogP) is 2.04. The van der Waals surface area contributed by atoms with Gasteiger partial charge in [0.15, 0.2) is 16.6 Å². The predicted molar refractivity (Wildman–Crippen MR) is 111 cm³/mol. The number of hydrogen-bond donors (Lipinski definition) is 3. The van der Waals surface area contributed by atoms with E-state index in [1.165, 1.54) is 0 Å². The molecule has 0 saturated carbocycles. The first-order valence-electron chi connectivity index (χ1n) is 9.19. The van der Waals surface area contributed by atoms with Gasteiger partial charge in [-0.05, 0) is 52.6 Å². The van der Waals surface area contributed by atoms with Gasteiger partial charge in [-0.15, -0.1) is 0 Å². The van der Waals surface area contributed by atoms with Crippen molar-refractivity contribution in [2.45, 2.75) is 83.4 Å². The Morgan fingerprint density at radius 1 is 1.07 bits per heavy atom. The maximum Gasteiger partial charge on any atom is 0.335 e. The van der Waals surface area contributed by atoms with Gasteiger partial charge in [0.1, 0.15) is 21.5 Å². The van der Waals surface area contributed by atoms with E-state index in [0.717, 1.165) is 12.5 Å². The SMILES string of the molecule is C/C(=C\CCC[Si]C(O[Si](C)(C)C)O[Si](C)(C)C)C(=O)OC(O)C(O)CO. The van der Waals surface area contributed by atoms with Crippen molar-refractivity contribution >= 4 is 32.1 Å². The van der Waals surface area contributed by atoms with E-state index in [9.17, 15) is 15.0 Å². The lowest BCUT2D eigenvalue weighted by Gasteiger charge is -2.31. The van der Waals surface area contributed by atoms with Crippen molar-refractivity contribution in [1.29, 1.82) is 0 Å².